The molecule has 0 heterocycles. The Morgan fingerprint density at radius 3 is 2.48 bits per heavy atom. The largest absolute Gasteiger partial charge is 0.493 e. The van der Waals surface area contributed by atoms with Crippen LogP contribution in [-0.2, 0) is 5.33 Å². The molecule has 0 radical (unpaired) electrons. The molecule has 6 heteroatoms. The molecule has 2 aromatic carbocycles. The molecule has 0 aliphatic rings. The average molecular weight is 352 g/mol. The predicted molar refractivity (Wildman–Crippen MR) is 83.5 cm³/mol. The van der Waals surface area contributed by atoms with Crippen molar-refractivity contribution < 1.29 is 14.4 Å². The van der Waals surface area contributed by atoms with Crippen LogP contribution in [0.25, 0.3) is 0 Å². The summed E-state index contributed by atoms with van der Waals surface area (Å²) in [5.74, 6) is 1.45. The highest BCUT2D eigenvalue weighted by Crippen LogP contribution is 2.36. The molecule has 0 fully saturated rings. The van der Waals surface area contributed by atoms with Crippen LogP contribution in [-0.4, -0.2) is 12.0 Å². The molecule has 0 aliphatic carbocycles. The lowest BCUT2D eigenvalue weighted by molar-refractivity contribution is -0.384. The molecule has 2 aromatic rings. The van der Waals surface area contributed by atoms with E-state index in [2.05, 4.69) is 15.9 Å². The predicted octanol–water partition coefficient (Wildman–Crippen LogP) is 4.60. The van der Waals surface area contributed by atoms with E-state index in [-0.39, 0.29) is 5.69 Å². The van der Waals surface area contributed by atoms with Crippen LogP contribution >= 0.6 is 15.9 Å². The number of rotatable bonds is 5. The minimum absolute atomic E-state index is 0.0381. The van der Waals surface area contributed by atoms with Gasteiger partial charge in [0.25, 0.3) is 5.69 Å². The third-order valence-corrected chi connectivity index (χ3v) is 3.54. The zero-order valence-electron chi connectivity index (χ0n) is 11.6. The number of aryl methyl sites for hydroxylation is 1. The van der Waals surface area contributed by atoms with Crippen molar-refractivity contribution in [2.24, 2.45) is 0 Å². The van der Waals surface area contributed by atoms with Crippen molar-refractivity contribution in [1.29, 1.82) is 0 Å². The first-order chi connectivity index (χ1) is 10.0. The van der Waals surface area contributed by atoms with Crippen LogP contribution in [0.15, 0.2) is 36.4 Å². The van der Waals surface area contributed by atoms with Gasteiger partial charge in [0.15, 0.2) is 11.5 Å². The van der Waals surface area contributed by atoms with Crippen molar-refractivity contribution in [3.8, 4) is 17.2 Å². The van der Waals surface area contributed by atoms with Crippen LogP contribution < -0.4 is 9.47 Å². The molecule has 0 amide bonds. The summed E-state index contributed by atoms with van der Waals surface area (Å²) >= 11 is 3.42. The highest BCUT2D eigenvalue weighted by atomic mass is 79.9. The second kappa shape index (κ2) is 6.58. The molecule has 2 rings (SSSR count). The van der Waals surface area contributed by atoms with E-state index in [0.717, 1.165) is 11.1 Å². The molecule has 0 bridgehead atoms. The number of nitrogens with zero attached hydrogens (tertiary/aromatic N) is 1. The molecule has 110 valence electrons. The van der Waals surface area contributed by atoms with Gasteiger partial charge in [-0.1, -0.05) is 33.6 Å². The Balaban J connectivity index is 2.37. The van der Waals surface area contributed by atoms with Crippen LogP contribution in [0.1, 0.15) is 11.1 Å². The smallest absolute Gasteiger partial charge is 0.273 e. The first-order valence-electron chi connectivity index (χ1n) is 6.21. The van der Waals surface area contributed by atoms with E-state index in [1.165, 1.54) is 25.3 Å². The van der Waals surface area contributed by atoms with Crippen molar-refractivity contribution in [3.63, 3.8) is 0 Å². The number of non-ortho nitro benzene ring substituents is 1. The zero-order chi connectivity index (χ0) is 15.4. The lowest BCUT2D eigenvalue weighted by atomic mass is 10.1. The minimum atomic E-state index is -0.470. The highest BCUT2D eigenvalue weighted by molar-refractivity contribution is 9.08. The third kappa shape index (κ3) is 3.52. The monoisotopic (exact) mass is 351 g/mol. The van der Waals surface area contributed by atoms with Crippen LogP contribution in [0.5, 0.6) is 17.2 Å². The van der Waals surface area contributed by atoms with Crippen LogP contribution in [0, 0.1) is 17.0 Å². The third-order valence-electron chi connectivity index (χ3n) is 2.94. The molecule has 5 nitrogen and oxygen atoms in total. The van der Waals surface area contributed by atoms with Crippen molar-refractivity contribution in [2.45, 2.75) is 12.3 Å². The Labute approximate surface area is 130 Å². The first-order valence-corrected chi connectivity index (χ1v) is 7.33. The van der Waals surface area contributed by atoms with Gasteiger partial charge in [0, 0.05) is 17.0 Å². The van der Waals surface area contributed by atoms with Gasteiger partial charge in [-0.15, -0.1) is 0 Å². The van der Waals surface area contributed by atoms with Gasteiger partial charge >= 0.3 is 0 Å². The van der Waals surface area contributed by atoms with Gasteiger partial charge in [-0.25, -0.2) is 0 Å². The number of alkyl halides is 1. The van der Waals surface area contributed by atoms with Crippen molar-refractivity contribution in [1.82, 2.24) is 0 Å². The van der Waals surface area contributed by atoms with Gasteiger partial charge in [-0.3, -0.25) is 10.1 Å². The molecule has 21 heavy (non-hydrogen) atoms. The molecule has 0 aromatic heterocycles. The van der Waals surface area contributed by atoms with Crippen LogP contribution in [0.2, 0.25) is 0 Å². The van der Waals surface area contributed by atoms with Crippen molar-refractivity contribution in [3.05, 3.63) is 57.6 Å². The fraction of sp³-hybridized carbons (Fsp3) is 0.200. The van der Waals surface area contributed by atoms with Gasteiger partial charge in [-0.05, 0) is 19.1 Å². The fourth-order valence-corrected chi connectivity index (χ4v) is 2.32. The van der Waals surface area contributed by atoms with Gasteiger partial charge in [-0.2, -0.15) is 0 Å². The number of nitro benzene ring substituents is 1. The molecule has 0 saturated carbocycles. The second-order valence-corrected chi connectivity index (χ2v) is 5.00. The Kier molecular flexibility index (Phi) is 4.80. The maximum absolute atomic E-state index is 10.8. The van der Waals surface area contributed by atoms with Gasteiger partial charge < -0.3 is 9.47 Å². The Morgan fingerprint density at radius 2 is 1.86 bits per heavy atom. The lowest BCUT2D eigenvalue weighted by Crippen LogP contribution is -1.95. The van der Waals surface area contributed by atoms with E-state index in [1.807, 2.05) is 25.1 Å². The Hall–Kier alpha value is -2.08. The van der Waals surface area contributed by atoms with Gasteiger partial charge in [0.2, 0.25) is 0 Å². The number of nitro groups is 1. The standard InChI is InChI=1S/C15H14BrNO4/c1-10-3-5-13(11(7-10)9-16)21-14-6-4-12(17(18)19)8-15(14)20-2/h3-8H,9H2,1-2H3. The van der Waals surface area contributed by atoms with E-state index in [4.69, 9.17) is 9.47 Å². The number of halogens is 1. The summed E-state index contributed by atoms with van der Waals surface area (Å²) in [5.41, 5.74) is 2.09. The molecule has 0 N–H and O–H groups in total. The van der Waals surface area contributed by atoms with Crippen LogP contribution in [0.3, 0.4) is 0 Å². The molecular weight excluding hydrogens is 338 g/mol. The molecular formula is C15H14BrNO4. The average Bonchev–Trinajstić information content (AvgIpc) is 2.49. The zero-order valence-corrected chi connectivity index (χ0v) is 13.2. The SMILES string of the molecule is COc1cc([N+](=O)[O-])ccc1Oc1ccc(C)cc1CBr. The summed E-state index contributed by atoms with van der Waals surface area (Å²) in [6.07, 6.45) is 0. The molecule has 0 unspecified atom stereocenters. The maximum atomic E-state index is 10.8. The van der Waals surface area contributed by atoms with Crippen molar-refractivity contribution >= 4 is 21.6 Å². The molecule has 0 spiro atoms. The summed E-state index contributed by atoms with van der Waals surface area (Å²) in [4.78, 5) is 10.3. The molecule has 0 atom stereocenters. The summed E-state index contributed by atoms with van der Waals surface area (Å²) in [5, 5.41) is 11.4. The van der Waals surface area contributed by atoms with E-state index in [9.17, 15) is 10.1 Å². The number of hydrogen-bond donors (Lipinski definition) is 0. The van der Waals surface area contributed by atoms with E-state index >= 15 is 0 Å². The Morgan fingerprint density at radius 1 is 1.14 bits per heavy atom. The lowest BCUT2D eigenvalue weighted by Gasteiger charge is -2.13. The number of benzene rings is 2. The number of ether oxygens (including phenoxy) is 2. The Bertz CT molecular complexity index is 673. The summed E-state index contributed by atoms with van der Waals surface area (Å²) in [7, 11) is 1.45. The summed E-state index contributed by atoms with van der Waals surface area (Å²) in [6.45, 7) is 2.00. The van der Waals surface area contributed by atoms with E-state index in [0.29, 0.717) is 22.6 Å². The van der Waals surface area contributed by atoms with E-state index < -0.39 is 4.92 Å². The number of hydrogen-bond acceptors (Lipinski definition) is 4. The summed E-state index contributed by atoms with van der Waals surface area (Å²) < 4.78 is 11.0. The van der Waals surface area contributed by atoms with E-state index in [1.54, 1.807) is 0 Å². The van der Waals surface area contributed by atoms with Gasteiger partial charge in [0.1, 0.15) is 5.75 Å². The maximum Gasteiger partial charge on any atom is 0.273 e. The van der Waals surface area contributed by atoms with Gasteiger partial charge in [0.05, 0.1) is 18.1 Å². The number of methoxy groups -OCH3 is 1. The second-order valence-electron chi connectivity index (χ2n) is 4.44. The minimum Gasteiger partial charge on any atom is -0.493 e. The quantitative estimate of drug-likeness (QED) is 0.448. The normalized spacial score (nSPS) is 10.2. The fourth-order valence-electron chi connectivity index (χ4n) is 1.88. The highest BCUT2D eigenvalue weighted by Gasteiger charge is 2.14. The molecule has 0 aliphatic heterocycles. The summed E-state index contributed by atoms with van der Waals surface area (Å²) in [6, 6.07) is 10.1. The first kappa shape index (κ1) is 15.3. The topological polar surface area (TPSA) is 61.6 Å². The van der Waals surface area contributed by atoms with Crippen LogP contribution in [0.4, 0.5) is 5.69 Å². The molecule has 0 saturated heterocycles. The van der Waals surface area contributed by atoms with Crippen molar-refractivity contribution in [2.75, 3.05) is 7.11 Å².